The smallest absolute Gasteiger partial charge is 0.481 e. The number of aldehydes is 1. The van der Waals surface area contributed by atoms with Gasteiger partial charge in [-0.2, -0.15) is 0 Å². The molecule has 0 bridgehead atoms. The fourth-order valence-electron chi connectivity index (χ4n) is 1.35. The Bertz CT molecular complexity index is 485. The summed E-state index contributed by atoms with van der Waals surface area (Å²) in [6.45, 7) is 1.55. The second kappa shape index (κ2) is 9.54. The molecule has 5 nitrogen and oxygen atoms in total. The van der Waals surface area contributed by atoms with E-state index in [9.17, 15) is 27.6 Å². The zero-order chi connectivity index (χ0) is 17.2. The first kappa shape index (κ1) is 19.6. The highest BCUT2D eigenvalue weighted by atomic mass is 19.4. The summed E-state index contributed by atoms with van der Waals surface area (Å²) in [5.74, 6) is -5.13. The Kier molecular flexibility index (Phi) is 8.51. The molecule has 0 aromatic heterocycles. The maximum Gasteiger partial charge on any atom is 0.575 e. The molecule has 0 radical (unpaired) electrons. The summed E-state index contributed by atoms with van der Waals surface area (Å²) < 4.78 is 37.6. The van der Waals surface area contributed by atoms with Gasteiger partial charge < -0.3 is 9.84 Å². The van der Waals surface area contributed by atoms with Crippen molar-refractivity contribution in [1.82, 2.24) is 0 Å². The Hall–Kier alpha value is -2.38. The number of halogens is 3. The van der Waals surface area contributed by atoms with Crippen molar-refractivity contribution in [3.05, 3.63) is 35.9 Å². The molecule has 0 heterocycles. The number of aliphatic carboxylic acids is 1. The van der Waals surface area contributed by atoms with Gasteiger partial charge in [0.25, 0.3) is 0 Å². The molecule has 0 saturated heterocycles. The first-order valence-electron chi connectivity index (χ1n) is 6.23. The molecule has 1 rings (SSSR count). The second-order valence-corrected chi connectivity index (χ2v) is 4.07. The molecule has 1 N–H and O–H groups in total. The summed E-state index contributed by atoms with van der Waals surface area (Å²) in [6, 6.07) is 9.10. The standard InChI is InChI=1S/C7H9F3O4.C7H6O/c1-2-3-4(5(11)12)6(13)14-7(8,9)10;8-6-7-4-2-1-3-5-7/h4H,2-3H2,1H3,(H,11,12);1-6H. The molecule has 8 heteroatoms. The summed E-state index contributed by atoms with van der Waals surface area (Å²) in [7, 11) is 0. The number of carboxylic acids is 1. The number of carboxylic acid groups (broad SMARTS) is 1. The highest BCUT2D eigenvalue weighted by Crippen LogP contribution is 2.20. The van der Waals surface area contributed by atoms with Crippen molar-refractivity contribution >= 4 is 18.2 Å². The molecule has 0 amide bonds. The third kappa shape index (κ3) is 8.72. The van der Waals surface area contributed by atoms with Crippen molar-refractivity contribution in [2.24, 2.45) is 5.92 Å². The van der Waals surface area contributed by atoms with Gasteiger partial charge in [0.15, 0.2) is 5.92 Å². The van der Waals surface area contributed by atoms with Crippen LogP contribution >= 0.6 is 0 Å². The lowest BCUT2D eigenvalue weighted by Gasteiger charge is -2.12. The van der Waals surface area contributed by atoms with Gasteiger partial charge >= 0.3 is 18.3 Å². The maximum atomic E-state index is 11.5. The van der Waals surface area contributed by atoms with Crippen molar-refractivity contribution in [1.29, 1.82) is 0 Å². The van der Waals surface area contributed by atoms with E-state index in [4.69, 9.17) is 5.11 Å². The fraction of sp³-hybridized carbons (Fsp3) is 0.357. The van der Waals surface area contributed by atoms with E-state index in [1.807, 2.05) is 18.2 Å². The average Bonchev–Trinajstić information content (AvgIpc) is 2.44. The van der Waals surface area contributed by atoms with Crippen LogP contribution in [-0.2, 0) is 14.3 Å². The van der Waals surface area contributed by atoms with Gasteiger partial charge in [-0.3, -0.25) is 14.4 Å². The van der Waals surface area contributed by atoms with Crippen molar-refractivity contribution in [3.63, 3.8) is 0 Å². The first-order valence-corrected chi connectivity index (χ1v) is 6.23. The van der Waals surface area contributed by atoms with Crippen LogP contribution in [0.5, 0.6) is 0 Å². The molecular weight excluding hydrogens is 305 g/mol. The van der Waals surface area contributed by atoms with Crippen molar-refractivity contribution in [3.8, 4) is 0 Å². The Morgan fingerprint density at radius 1 is 1.27 bits per heavy atom. The normalized spacial score (nSPS) is 11.6. The largest absolute Gasteiger partial charge is 0.575 e. The molecule has 1 aromatic carbocycles. The summed E-state index contributed by atoms with van der Waals surface area (Å²) in [5.41, 5.74) is 0.729. The van der Waals surface area contributed by atoms with E-state index in [1.165, 1.54) is 0 Å². The van der Waals surface area contributed by atoms with Crippen LogP contribution < -0.4 is 0 Å². The molecular formula is C14H15F3O5. The predicted molar refractivity (Wildman–Crippen MR) is 70.0 cm³/mol. The molecule has 1 unspecified atom stereocenters. The molecule has 122 valence electrons. The summed E-state index contributed by atoms with van der Waals surface area (Å²) in [4.78, 5) is 31.0. The van der Waals surface area contributed by atoms with E-state index in [0.717, 1.165) is 11.8 Å². The lowest BCUT2D eigenvalue weighted by molar-refractivity contribution is -0.307. The van der Waals surface area contributed by atoms with Crippen LogP contribution in [0.2, 0.25) is 0 Å². The third-order valence-corrected chi connectivity index (χ3v) is 2.31. The quantitative estimate of drug-likeness (QED) is 0.512. The van der Waals surface area contributed by atoms with Gasteiger partial charge in [0, 0.05) is 5.56 Å². The van der Waals surface area contributed by atoms with Crippen molar-refractivity contribution in [2.75, 3.05) is 0 Å². The summed E-state index contributed by atoms with van der Waals surface area (Å²) in [6.07, 6.45) is -4.19. The predicted octanol–water partition coefficient (Wildman–Crippen LogP) is 3.05. The Morgan fingerprint density at radius 2 is 1.82 bits per heavy atom. The molecule has 0 spiro atoms. The molecule has 1 aromatic rings. The number of hydrogen-bond donors (Lipinski definition) is 1. The summed E-state index contributed by atoms with van der Waals surface area (Å²) in [5, 5.41) is 8.40. The van der Waals surface area contributed by atoms with E-state index in [2.05, 4.69) is 4.74 Å². The van der Waals surface area contributed by atoms with Gasteiger partial charge in [-0.05, 0) is 6.42 Å². The average molecular weight is 320 g/mol. The number of carbonyl (C=O) groups is 3. The van der Waals surface area contributed by atoms with E-state index in [0.29, 0.717) is 0 Å². The Morgan fingerprint density at radius 3 is 2.14 bits per heavy atom. The zero-order valence-corrected chi connectivity index (χ0v) is 11.7. The minimum absolute atomic E-state index is 0.176. The zero-order valence-electron chi connectivity index (χ0n) is 11.7. The lowest BCUT2D eigenvalue weighted by atomic mass is 10.1. The van der Waals surface area contributed by atoms with Crippen LogP contribution in [0.4, 0.5) is 13.2 Å². The molecule has 0 aliphatic carbocycles. The molecule has 0 saturated carbocycles. The number of alkyl halides is 3. The van der Waals surface area contributed by atoms with Gasteiger partial charge in [0.2, 0.25) is 0 Å². The Labute approximate surface area is 124 Å². The monoisotopic (exact) mass is 320 g/mol. The number of rotatable bonds is 5. The van der Waals surface area contributed by atoms with E-state index in [-0.39, 0.29) is 12.8 Å². The maximum absolute atomic E-state index is 11.5. The van der Waals surface area contributed by atoms with E-state index in [1.54, 1.807) is 19.1 Å². The van der Waals surface area contributed by atoms with Crippen molar-refractivity contribution in [2.45, 2.75) is 26.1 Å². The first-order chi connectivity index (χ1) is 10.2. The molecule has 0 fully saturated rings. The molecule has 22 heavy (non-hydrogen) atoms. The van der Waals surface area contributed by atoms with Crippen LogP contribution in [0.1, 0.15) is 30.1 Å². The van der Waals surface area contributed by atoms with Crippen LogP contribution in [0.3, 0.4) is 0 Å². The minimum atomic E-state index is -5.13. The third-order valence-electron chi connectivity index (χ3n) is 2.31. The highest BCUT2D eigenvalue weighted by Gasteiger charge is 2.39. The van der Waals surface area contributed by atoms with Gasteiger partial charge in [-0.25, -0.2) is 0 Å². The van der Waals surface area contributed by atoms with Crippen LogP contribution in [0, 0.1) is 5.92 Å². The second-order valence-electron chi connectivity index (χ2n) is 4.07. The van der Waals surface area contributed by atoms with Gasteiger partial charge in [-0.1, -0.05) is 43.7 Å². The number of hydrogen-bond acceptors (Lipinski definition) is 4. The number of benzene rings is 1. The van der Waals surface area contributed by atoms with Gasteiger partial charge in [0.05, 0.1) is 0 Å². The van der Waals surface area contributed by atoms with E-state index < -0.39 is 24.2 Å². The molecule has 1 atom stereocenters. The van der Waals surface area contributed by atoms with Crippen molar-refractivity contribution < 1.29 is 37.4 Å². The number of ether oxygens (including phenoxy) is 1. The van der Waals surface area contributed by atoms with Crippen LogP contribution in [0.25, 0.3) is 0 Å². The lowest BCUT2D eigenvalue weighted by Crippen LogP contribution is -2.30. The fourth-order valence-corrected chi connectivity index (χ4v) is 1.35. The number of carbonyl (C=O) groups excluding carboxylic acids is 2. The number of esters is 1. The molecule has 0 aliphatic heterocycles. The van der Waals surface area contributed by atoms with Crippen LogP contribution in [0.15, 0.2) is 30.3 Å². The minimum Gasteiger partial charge on any atom is -0.481 e. The van der Waals surface area contributed by atoms with Gasteiger partial charge in [-0.15, -0.1) is 13.2 Å². The highest BCUT2D eigenvalue weighted by molar-refractivity contribution is 5.93. The topological polar surface area (TPSA) is 80.7 Å². The Balaban J connectivity index is 0.000000461. The van der Waals surface area contributed by atoms with Gasteiger partial charge in [0.1, 0.15) is 6.29 Å². The van der Waals surface area contributed by atoms with Crippen LogP contribution in [-0.4, -0.2) is 29.7 Å². The van der Waals surface area contributed by atoms with E-state index >= 15 is 0 Å². The SMILES string of the molecule is CCCC(C(=O)O)C(=O)OC(F)(F)F.O=Cc1ccccc1. The summed E-state index contributed by atoms with van der Waals surface area (Å²) >= 11 is 0. The molecule has 0 aliphatic rings.